The monoisotopic (exact) mass is 354 g/mol. The summed E-state index contributed by atoms with van der Waals surface area (Å²) in [4.78, 5) is 12.5. The minimum atomic E-state index is -0.276. The van der Waals surface area contributed by atoms with Gasteiger partial charge in [-0.2, -0.15) is 0 Å². The van der Waals surface area contributed by atoms with E-state index in [2.05, 4.69) is 41.5 Å². The first kappa shape index (κ1) is 17.5. The number of aromatic nitrogens is 3. The highest BCUT2D eigenvalue weighted by molar-refractivity contribution is 8.00. The van der Waals surface area contributed by atoms with Crippen molar-refractivity contribution in [2.45, 2.75) is 43.5 Å². The molecule has 0 radical (unpaired) electrons. The van der Waals surface area contributed by atoms with Gasteiger partial charge >= 0.3 is 0 Å². The molecular formula is C19H22N4OS. The van der Waals surface area contributed by atoms with Crippen molar-refractivity contribution in [2.24, 2.45) is 0 Å². The normalized spacial score (nSPS) is 13.6. The topological polar surface area (TPSA) is 59.3 Å². The van der Waals surface area contributed by atoms with Gasteiger partial charge in [0.2, 0.25) is 5.91 Å². The van der Waals surface area contributed by atoms with E-state index in [1.807, 2.05) is 47.9 Å². The van der Waals surface area contributed by atoms with Crippen LogP contribution in [0.25, 0.3) is 5.65 Å². The Morgan fingerprint density at radius 1 is 1.16 bits per heavy atom. The molecule has 25 heavy (non-hydrogen) atoms. The Morgan fingerprint density at radius 2 is 1.92 bits per heavy atom. The third-order valence-electron chi connectivity index (χ3n) is 4.29. The number of fused-ring (bicyclic) bond motifs is 1. The van der Waals surface area contributed by atoms with Crippen molar-refractivity contribution >= 4 is 29.0 Å². The van der Waals surface area contributed by atoms with Crippen LogP contribution >= 0.6 is 11.8 Å². The largest absolute Gasteiger partial charge is 0.325 e. The Bertz CT molecular complexity index is 859. The summed E-state index contributed by atoms with van der Waals surface area (Å²) in [6, 6.07) is 13.8. The predicted octanol–water partition coefficient (Wildman–Crippen LogP) is 4.36. The second-order valence-corrected chi connectivity index (χ2v) is 7.40. The molecule has 0 fully saturated rings. The predicted molar refractivity (Wildman–Crippen MR) is 102 cm³/mol. The second kappa shape index (κ2) is 7.70. The van der Waals surface area contributed by atoms with Crippen LogP contribution in [0.1, 0.15) is 38.7 Å². The molecule has 2 aromatic heterocycles. The van der Waals surface area contributed by atoms with Crippen LogP contribution in [-0.2, 0) is 4.79 Å². The fourth-order valence-corrected chi connectivity index (χ4v) is 3.32. The number of benzene rings is 1. The van der Waals surface area contributed by atoms with Crippen LogP contribution in [0.2, 0.25) is 0 Å². The van der Waals surface area contributed by atoms with Gasteiger partial charge in [-0.05, 0) is 49.1 Å². The molecule has 2 heterocycles. The maximum absolute atomic E-state index is 12.5. The smallest absolute Gasteiger partial charge is 0.237 e. The molecule has 0 aliphatic heterocycles. The zero-order valence-corrected chi connectivity index (χ0v) is 15.5. The van der Waals surface area contributed by atoms with Crippen LogP contribution in [0, 0.1) is 0 Å². The summed E-state index contributed by atoms with van der Waals surface area (Å²) in [6.45, 7) is 6.25. The van der Waals surface area contributed by atoms with Crippen LogP contribution in [-0.4, -0.2) is 25.8 Å². The number of amides is 1. The molecule has 0 bridgehead atoms. The van der Waals surface area contributed by atoms with Gasteiger partial charge in [-0.3, -0.25) is 9.20 Å². The number of nitrogens with zero attached hydrogens (tertiary/aromatic N) is 3. The maximum atomic E-state index is 12.5. The zero-order chi connectivity index (χ0) is 17.8. The van der Waals surface area contributed by atoms with E-state index in [9.17, 15) is 4.79 Å². The van der Waals surface area contributed by atoms with Gasteiger partial charge in [-0.1, -0.05) is 43.8 Å². The fourth-order valence-electron chi connectivity index (χ4n) is 2.49. The van der Waals surface area contributed by atoms with E-state index in [1.165, 1.54) is 17.3 Å². The van der Waals surface area contributed by atoms with Crippen molar-refractivity contribution in [3.05, 3.63) is 54.2 Å². The standard InChI is InChI=1S/C19H22N4OS/c1-4-13(2)15-8-10-16(11-9-15)20-18(24)14(3)25-19-22-21-17-7-5-6-12-23(17)19/h5-14H,4H2,1-3H3,(H,20,24). The van der Waals surface area contributed by atoms with Crippen molar-refractivity contribution in [1.29, 1.82) is 0 Å². The molecule has 2 unspecified atom stereocenters. The molecule has 5 nitrogen and oxygen atoms in total. The molecule has 3 rings (SSSR count). The van der Waals surface area contributed by atoms with E-state index in [4.69, 9.17) is 0 Å². The Balaban J connectivity index is 1.64. The van der Waals surface area contributed by atoms with Crippen LogP contribution in [0.3, 0.4) is 0 Å². The lowest BCUT2D eigenvalue weighted by atomic mass is 9.99. The van der Waals surface area contributed by atoms with E-state index in [0.717, 1.165) is 17.8 Å². The summed E-state index contributed by atoms with van der Waals surface area (Å²) < 4.78 is 1.88. The van der Waals surface area contributed by atoms with Gasteiger partial charge < -0.3 is 5.32 Å². The van der Waals surface area contributed by atoms with E-state index in [1.54, 1.807) is 0 Å². The highest BCUT2D eigenvalue weighted by Gasteiger charge is 2.18. The molecule has 3 aromatic rings. The average Bonchev–Trinajstić information content (AvgIpc) is 3.04. The average molecular weight is 354 g/mol. The second-order valence-electron chi connectivity index (χ2n) is 6.09. The van der Waals surface area contributed by atoms with Gasteiger partial charge in [0, 0.05) is 11.9 Å². The van der Waals surface area contributed by atoms with Crippen LogP contribution in [0.4, 0.5) is 5.69 Å². The third kappa shape index (κ3) is 4.02. The third-order valence-corrected chi connectivity index (χ3v) is 5.35. The van der Waals surface area contributed by atoms with Crippen LogP contribution in [0.5, 0.6) is 0 Å². The molecule has 1 aromatic carbocycles. The zero-order valence-electron chi connectivity index (χ0n) is 14.6. The molecule has 6 heteroatoms. The Kier molecular flexibility index (Phi) is 5.38. The lowest BCUT2D eigenvalue weighted by molar-refractivity contribution is -0.115. The number of thioether (sulfide) groups is 1. The van der Waals surface area contributed by atoms with Gasteiger partial charge in [0.15, 0.2) is 10.8 Å². The van der Waals surface area contributed by atoms with Gasteiger partial charge in [-0.25, -0.2) is 0 Å². The molecule has 0 saturated heterocycles. The molecule has 0 aliphatic carbocycles. The highest BCUT2D eigenvalue weighted by Crippen LogP contribution is 2.24. The fraction of sp³-hybridized carbons (Fsp3) is 0.316. The number of hydrogen-bond acceptors (Lipinski definition) is 4. The minimum absolute atomic E-state index is 0.0472. The van der Waals surface area contributed by atoms with Crippen LogP contribution in [0.15, 0.2) is 53.8 Å². The number of anilines is 1. The highest BCUT2D eigenvalue weighted by atomic mass is 32.2. The molecule has 0 saturated carbocycles. The maximum Gasteiger partial charge on any atom is 0.237 e. The lowest BCUT2D eigenvalue weighted by Crippen LogP contribution is -2.22. The van der Waals surface area contributed by atoms with E-state index in [-0.39, 0.29) is 11.2 Å². The SMILES string of the molecule is CCC(C)c1ccc(NC(=O)C(C)Sc2nnc3ccccn23)cc1. The minimum Gasteiger partial charge on any atom is -0.325 e. The number of rotatable bonds is 6. The summed E-state index contributed by atoms with van der Waals surface area (Å²) >= 11 is 1.40. The number of carbonyl (C=O) groups is 1. The number of pyridine rings is 1. The van der Waals surface area contributed by atoms with E-state index in [0.29, 0.717) is 11.1 Å². The summed E-state index contributed by atoms with van der Waals surface area (Å²) in [5.41, 5.74) is 2.88. The summed E-state index contributed by atoms with van der Waals surface area (Å²) in [6.07, 6.45) is 3.00. The summed E-state index contributed by atoms with van der Waals surface area (Å²) in [5.74, 6) is 0.481. The quantitative estimate of drug-likeness (QED) is 0.668. The Hall–Kier alpha value is -2.34. The van der Waals surface area contributed by atoms with Gasteiger partial charge in [0.25, 0.3) is 0 Å². The number of carbonyl (C=O) groups excluding carboxylic acids is 1. The van der Waals surface area contributed by atoms with Gasteiger partial charge in [-0.15, -0.1) is 10.2 Å². The van der Waals surface area contributed by atoms with Crippen molar-refractivity contribution in [3.63, 3.8) is 0 Å². The lowest BCUT2D eigenvalue weighted by Gasteiger charge is -2.13. The molecule has 1 N–H and O–H groups in total. The number of hydrogen-bond donors (Lipinski definition) is 1. The van der Waals surface area contributed by atoms with Crippen molar-refractivity contribution in [2.75, 3.05) is 5.32 Å². The van der Waals surface area contributed by atoms with Gasteiger partial charge in [0.05, 0.1) is 5.25 Å². The van der Waals surface area contributed by atoms with Gasteiger partial charge in [0.1, 0.15) is 0 Å². The van der Waals surface area contributed by atoms with E-state index >= 15 is 0 Å². The Morgan fingerprint density at radius 3 is 2.64 bits per heavy atom. The first-order valence-electron chi connectivity index (χ1n) is 8.45. The first-order valence-corrected chi connectivity index (χ1v) is 9.33. The Labute approximate surface area is 151 Å². The van der Waals surface area contributed by atoms with Crippen molar-refractivity contribution in [3.8, 4) is 0 Å². The number of nitrogens with one attached hydrogen (secondary N) is 1. The molecule has 0 spiro atoms. The summed E-state index contributed by atoms with van der Waals surface area (Å²) in [5, 5.41) is 11.7. The first-order chi connectivity index (χ1) is 12.1. The molecule has 1 amide bonds. The van der Waals surface area contributed by atoms with Crippen molar-refractivity contribution in [1.82, 2.24) is 14.6 Å². The van der Waals surface area contributed by atoms with E-state index < -0.39 is 0 Å². The molecule has 130 valence electrons. The molecular weight excluding hydrogens is 332 g/mol. The van der Waals surface area contributed by atoms with Crippen molar-refractivity contribution < 1.29 is 4.79 Å². The summed E-state index contributed by atoms with van der Waals surface area (Å²) in [7, 11) is 0. The molecule has 2 atom stereocenters. The van der Waals surface area contributed by atoms with Crippen LogP contribution < -0.4 is 5.32 Å². The molecule has 0 aliphatic rings.